The summed E-state index contributed by atoms with van der Waals surface area (Å²) >= 11 is 6.13. The number of rotatable bonds is 4. The van der Waals surface area contributed by atoms with Gasteiger partial charge in [-0.3, -0.25) is 15.5 Å². The van der Waals surface area contributed by atoms with E-state index in [0.29, 0.717) is 10.8 Å². The second-order valence-corrected chi connectivity index (χ2v) is 4.13. The number of hydrogen-bond acceptors (Lipinski definition) is 5. The van der Waals surface area contributed by atoms with E-state index in [-0.39, 0.29) is 6.04 Å². The molecule has 0 aliphatic carbocycles. The van der Waals surface area contributed by atoms with E-state index in [0.717, 1.165) is 11.3 Å². The van der Waals surface area contributed by atoms with Gasteiger partial charge in [-0.25, -0.2) is 5.43 Å². The molecule has 0 radical (unpaired) electrons. The zero-order valence-electron chi connectivity index (χ0n) is 10.1. The number of aromatic nitrogens is 3. The van der Waals surface area contributed by atoms with Crippen molar-refractivity contribution in [1.29, 1.82) is 0 Å². The minimum atomic E-state index is -0.317. The molecule has 2 aromatic heterocycles. The highest BCUT2D eigenvalue weighted by atomic mass is 35.5. The van der Waals surface area contributed by atoms with Crippen LogP contribution < -0.4 is 16.0 Å². The Labute approximate surface area is 110 Å². The van der Waals surface area contributed by atoms with Gasteiger partial charge in [0.2, 0.25) is 0 Å². The van der Waals surface area contributed by atoms with Gasteiger partial charge in [-0.1, -0.05) is 11.6 Å². The van der Waals surface area contributed by atoms with Crippen molar-refractivity contribution < 1.29 is 4.74 Å². The number of nitrogens with zero attached hydrogens (tertiary/aromatic N) is 3. The van der Waals surface area contributed by atoms with Gasteiger partial charge in [0.25, 0.3) is 0 Å². The monoisotopic (exact) mass is 267 g/mol. The first kappa shape index (κ1) is 12.8. The molecule has 96 valence electrons. The van der Waals surface area contributed by atoms with Crippen molar-refractivity contribution in [3.8, 4) is 5.75 Å². The van der Waals surface area contributed by atoms with Crippen LogP contribution in [-0.2, 0) is 7.05 Å². The summed E-state index contributed by atoms with van der Waals surface area (Å²) in [5.74, 6) is 6.28. The Bertz CT molecular complexity index is 542. The maximum absolute atomic E-state index is 6.13. The highest BCUT2D eigenvalue weighted by Gasteiger charge is 2.23. The van der Waals surface area contributed by atoms with Crippen LogP contribution in [-0.4, -0.2) is 21.9 Å². The van der Waals surface area contributed by atoms with Crippen molar-refractivity contribution in [1.82, 2.24) is 20.2 Å². The number of hydrogen-bond donors (Lipinski definition) is 2. The van der Waals surface area contributed by atoms with Gasteiger partial charge >= 0.3 is 0 Å². The fraction of sp³-hybridized carbons (Fsp3) is 0.273. The summed E-state index contributed by atoms with van der Waals surface area (Å²) in [6.45, 7) is 0. The van der Waals surface area contributed by atoms with Gasteiger partial charge in [-0.15, -0.1) is 0 Å². The van der Waals surface area contributed by atoms with Crippen molar-refractivity contribution >= 4 is 11.6 Å². The summed E-state index contributed by atoms with van der Waals surface area (Å²) in [4.78, 5) is 3.95. The molecule has 0 bridgehead atoms. The fourth-order valence-corrected chi connectivity index (χ4v) is 2.08. The molecule has 0 saturated carbocycles. The Hall–Kier alpha value is -1.63. The van der Waals surface area contributed by atoms with E-state index < -0.39 is 0 Å². The zero-order chi connectivity index (χ0) is 13.1. The van der Waals surface area contributed by atoms with Gasteiger partial charge in [0.05, 0.1) is 24.4 Å². The largest absolute Gasteiger partial charge is 0.493 e. The number of hydrazine groups is 1. The number of nitrogens with one attached hydrogen (secondary N) is 1. The summed E-state index contributed by atoms with van der Waals surface area (Å²) in [7, 11) is 3.40. The highest BCUT2D eigenvalue weighted by molar-refractivity contribution is 6.31. The molecule has 0 spiro atoms. The van der Waals surface area contributed by atoms with Gasteiger partial charge in [-0.2, -0.15) is 5.10 Å². The summed E-state index contributed by atoms with van der Waals surface area (Å²) in [5.41, 5.74) is 4.34. The van der Waals surface area contributed by atoms with Crippen LogP contribution in [0.1, 0.15) is 17.3 Å². The molecule has 2 heterocycles. The Morgan fingerprint density at radius 1 is 1.50 bits per heavy atom. The minimum absolute atomic E-state index is 0.317. The molecule has 0 aliphatic heterocycles. The first-order chi connectivity index (χ1) is 8.69. The highest BCUT2D eigenvalue weighted by Crippen LogP contribution is 2.31. The van der Waals surface area contributed by atoms with Gasteiger partial charge < -0.3 is 4.74 Å². The van der Waals surface area contributed by atoms with E-state index in [1.165, 1.54) is 0 Å². The number of aryl methyl sites for hydroxylation is 1. The molecule has 0 aromatic carbocycles. The number of halogens is 1. The van der Waals surface area contributed by atoms with Crippen LogP contribution in [0.3, 0.4) is 0 Å². The molecule has 0 fully saturated rings. The van der Waals surface area contributed by atoms with Gasteiger partial charge in [0.1, 0.15) is 5.69 Å². The third-order valence-corrected chi connectivity index (χ3v) is 3.04. The Kier molecular flexibility index (Phi) is 3.81. The molecule has 2 rings (SSSR count). The van der Waals surface area contributed by atoms with Gasteiger partial charge in [0.15, 0.2) is 5.75 Å². The lowest BCUT2D eigenvalue weighted by Gasteiger charge is -2.18. The topological polar surface area (TPSA) is 78.0 Å². The average molecular weight is 268 g/mol. The molecule has 0 amide bonds. The zero-order valence-corrected chi connectivity index (χ0v) is 10.8. The molecule has 3 N–H and O–H groups in total. The summed E-state index contributed by atoms with van der Waals surface area (Å²) in [6.07, 6.45) is 4.87. The van der Waals surface area contributed by atoms with Crippen molar-refractivity contribution in [2.24, 2.45) is 12.9 Å². The fourth-order valence-electron chi connectivity index (χ4n) is 1.85. The molecular formula is C11H14ClN5O. The van der Waals surface area contributed by atoms with Crippen LogP contribution in [0.15, 0.2) is 24.7 Å². The van der Waals surface area contributed by atoms with E-state index in [2.05, 4.69) is 15.5 Å². The van der Waals surface area contributed by atoms with Crippen molar-refractivity contribution in [3.05, 3.63) is 40.9 Å². The van der Waals surface area contributed by atoms with Gasteiger partial charge in [0, 0.05) is 19.4 Å². The van der Waals surface area contributed by atoms with Crippen LogP contribution in [0.5, 0.6) is 5.75 Å². The van der Waals surface area contributed by atoms with E-state index in [4.69, 9.17) is 22.2 Å². The lowest BCUT2D eigenvalue weighted by molar-refractivity contribution is 0.401. The lowest BCUT2D eigenvalue weighted by Crippen LogP contribution is -2.31. The molecule has 1 unspecified atom stereocenters. The standard InChI is InChI=1S/C11H14ClN5O/c1-17-11(9(18-2)6-15-17)10(16-13)7-3-4-14-5-8(7)12/h3-6,10,16H,13H2,1-2H3. The molecule has 18 heavy (non-hydrogen) atoms. The SMILES string of the molecule is COc1cnn(C)c1C(NN)c1ccncc1Cl. The Morgan fingerprint density at radius 3 is 2.89 bits per heavy atom. The molecule has 1 atom stereocenters. The Balaban J connectivity index is 2.52. The quantitative estimate of drug-likeness (QED) is 0.639. The summed E-state index contributed by atoms with van der Waals surface area (Å²) in [6, 6.07) is 1.49. The smallest absolute Gasteiger partial charge is 0.161 e. The molecule has 2 aromatic rings. The minimum Gasteiger partial charge on any atom is -0.493 e. The molecule has 0 aliphatic rings. The van der Waals surface area contributed by atoms with E-state index in [9.17, 15) is 0 Å². The van der Waals surface area contributed by atoms with E-state index in [1.54, 1.807) is 36.4 Å². The van der Waals surface area contributed by atoms with Crippen molar-refractivity contribution in [2.75, 3.05) is 7.11 Å². The predicted octanol–water partition coefficient (Wildman–Crippen LogP) is 1.03. The second kappa shape index (κ2) is 5.34. The maximum atomic E-state index is 6.13. The number of ether oxygens (including phenoxy) is 1. The summed E-state index contributed by atoms with van der Waals surface area (Å²) < 4.78 is 6.97. The average Bonchev–Trinajstić information content (AvgIpc) is 2.74. The summed E-state index contributed by atoms with van der Waals surface area (Å²) in [5, 5.41) is 4.68. The van der Waals surface area contributed by atoms with Crippen LogP contribution in [0, 0.1) is 0 Å². The van der Waals surface area contributed by atoms with Crippen LogP contribution in [0.4, 0.5) is 0 Å². The number of pyridine rings is 1. The normalized spacial score (nSPS) is 12.4. The first-order valence-electron chi connectivity index (χ1n) is 5.30. The maximum Gasteiger partial charge on any atom is 0.161 e. The van der Waals surface area contributed by atoms with Crippen LogP contribution in [0.2, 0.25) is 5.02 Å². The first-order valence-corrected chi connectivity index (χ1v) is 5.68. The van der Waals surface area contributed by atoms with Crippen LogP contribution in [0.25, 0.3) is 0 Å². The predicted molar refractivity (Wildman–Crippen MR) is 68.2 cm³/mol. The molecule has 6 nitrogen and oxygen atoms in total. The molecule has 0 saturated heterocycles. The third-order valence-electron chi connectivity index (χ3n) is 2.72. The Morgan fingerprint density at radius 2 is 2.28 bits per heavy atom. The van der Waals surface area contributed by atoms with Crippen molar-refractivity contribution in [2.45, 2.75) is 6.04 Å². The number of methoxy groups -OCH3 is 1. The van der Waals surface area contributed by atoms with Gasteiger partial charge in [-0.05, 0) is 11.6 Å². The van der Waals surface area contributed by atoms with E-state index in [1.807, 2.05) is 7.05 Å². The molecular weight excluding hydrogens is 254 g/mol. The van der Waals surface area contributed by atoms with Crippen LogP contribution >= 0.6 is 11.6 Å². The second-order valence-electron chi connectivity index (χ2n) is 3.72. The molecule has 7 heteroatoms. The number of nitrogens with two attached hydrogens (primary N) is 1. The lowest BCUT2D eigenvalue weighted by atomic mass is 10.1. The van der Waals surface area contributed by atoms with E-state index >= 15 is 0 Å². The third kappa shape index (κ3) is 2.17. The van der Waals surface area contributed by atoms with Crippen molar-refractivity contribution in [3.63, 3.8) is 0 Å².